The number of nitrogens with zero attached hydrogens (tertiary/aromatic N) is 1. The monoisotopic (exact) mass is 509 g/mol. The van der Waals surface area contributed by atoms with Crippen LogP contribution in [0.4, 0.5) is 13.2 Å². The van der Waals surface area contributed by atoms with Gasteiger partial charge in [-0.15, -0.1) is 0 Å². The lowest BCUT2D eigenvalue weighted by Crippen LogP contribution is -2.40. The molecule has 35 heavy (non-hydrogen) atoms. The van der Waals surface area contributed by atoms with E-state index >= 15 is 0 Å². The molecule has 5 nitrogen and oxygen atoms in total. The van der Waals surface area contributed by atoms with Crippen molar-refractivity contribution in [3.05, 3.63) is 69.9 Å². The van der Waals surface area contributed by atoms with E-state index in [0.29, 0.717) is 62.4 Å². The van der Waals surface area contributed by atoms with E-state index in [9.17, 15) is 23.1 Å². The van der Waals surface area contributed by atoms with Crippen LogP contribution in [-0.4, -0.2) is 48.3 Å². The number of hydrogen-bond donors (Lipinski definition) is 1. The summed E-state index contributed by atoms with van der Waals surface area (Å²) in [7, 11) is 0. The Morgan fingerprint density at radius 2 is 1.91 bits per heavy atom. The number of carbonyl (C=O) groups excluding carboxylic acids is 1. The van der Waals surface area contributed by atoms with Crippen molar-refractivity contribution in [3.8, 4) is 5.75 Å². The zero-order chi connectivity index (χ0) is 25.0. The lowest BCUT2D eigenvalue weighted by molar-refractivity contribution is -0.137. The number of hydrogen-bond acceptors (Lipinski definition) is 5. The Bertz CT molecular complexity index is 1080. The van der Waals surface area contributed by atoms with Crippen molar-refractivity contribution in [1.82, 2.24) is 4.90 Å². The number of allylic oxidation sites excluding steroid dienone is 1. The normalized spacial score (nSPS) is 19.7. The van der Waals surface area contributed by atoms with Gasteiger partial charge in [-0.1, -0.05) is 35.9 Å². The first-order valence-electron chi connectivity index (χ1n) is 11.6. The Morgan fingerprint density at radius 1 is 1.17 bits per heavy atom. The first-order valence-corrected chi connectivity index (χ1v) is 12.0. The van der Waals surface area contributed by atoms with E-state index in [2.05, 4.69) is 4.90 Å². The summed E-state index contributed by atoms with van der Waals surface area (Å²) in [5.74, 6) is 0.953. The van der Waals surface area contributed by atoms with Crippen molar-refractivity contribution in [1.29, 1.82) is 0 Å². The first-order chi connectivity index (χ1) is 16.7. The zero-order valence-electron chi connectivity index (χ0n) is 19.1. The minimum atomic E-state index is -4.48. The van der Waals surface area contributed by atoms with Gasteiger partial charge in [-0.05, 0) is 61.7 Å². The average molecular weight is 510 g/mol. The van der Waals surface area contributed by atoms with E-state index in [0.717, 1.165) is 11.6 Å². The van der Waals surface area contributed by atoms with Crippen LogP contribution in [0.3, 0.4) is 0 Å². The van der Waals surface area contributed by atoms with Crippen molar-refractivity contribution in [2.45, 2.75) is 43.9 Å². The smallest absolute Gasteiger partial charge is 0.417 e. The van der Waals surface area contributed by atoms with Crippen LogP contribution >= 0.6 is 11.6 Å². The summed E-state index contributed by atoms with van der Waals surface area (Å²) in [6.07, 6.45) is -1.12. The second-order valence-electron chi connectivity index (χ2n) is 8.90. The van der Waals surface area contributed by atoms with Crippen LogP contribution in [0.1, 0.15) is 48.3 Å². The highest BCUT2D eigenvalue weighted by molar-refractivity contribution is 6.31. The van der Waals surface area contributed by atoms with Gasteiger partial charge in [-0.3, -0.25) is 4.79 Å². The van der Waals surface area contributed by atoms with E-state index in [1.54, 1.807) is 18.2 Å². The zero-order valence-corrected chi connectivity index (χ0v) is 19.8. The first kappa shape index (κ1) is 25.5. The van der Waals surface area contributed by atoms with Crippen LogP contribution in [0.25, 0.3) is 6.08 Å². The molecule has 2 aliphatic heterocycles. The Labute approximate surface area is 207 Å². The van der Waals surface area contributed by atoms with Gasteiger partial charge in [0.1, 0.15) is 24.2 Å². The highest BCUT2D eigenvalue weighted by Gasteiger charge is 2.34. The molecule has 1 unspecified atom stereocenters. The fraction of sp³-hybridized carbons (Fsp3) is 0.423. The molecular formula is C26H27ClF3NO4. The molecule has 188 valence electrons. The molecule has 2 saturated heterocycles. The number of likely N-dealkylation sites (tertiary alicyclic amines) is 1. The largest absolute Gasteiger partial charge is 0.490 e. The molecule has 0 aromatic heterocycles. The van der Waals surface area contributed by atoms with Gasteiger partial charge in [0.05, 0.1) is 17.0 Å². The maximum atomic E-state index is 13.2. The highest BCUT2D eigenvalue weighted by atomic mass is 35.5. The van der Waals surface area contributed by atoms with Gasteiger partial charge in [-0.2, -0.15) is 13.2 Å². The van der Waals surface area contributed by atoms with Crippen molar-refractivity contribution in [3.63, 3.8) is 0 Å². The Kier molecular flexibility index (Phi) is 8.04. The van der Waals surface area contributed by atoms with Crippen LogP contribution in [-0.2, 0) is 15.7 Å². The van der Waals surface area contributed by atoms with Gasteiger partial charge < -0.3 is 19.5 Å². The van der Waals surface area contributed by atoms with Crippen LogP contribution in [0.2, 0.25) is 5.02 Å². The molecule has 2 aromatic rings. The third-order valence-corrected chi connectivity index (χ3v) is 6.64. The molecule has 0 saturated carbocycles. The second-order valence-corrected chi connectivity index (χ2v) is 9.31. The summed E-state index contributed by atoms with van der Waals surface area (Å²) >= 11 is 5.74. The van der Waals surface area contributed by atoms with Crippen molar-refractivity contribution in [2.24, 2.45) is 0 Å². The van der Waals surface area contributed by atoms with Gasteiger partial charge in [-0.25, -0.2) is 0 Å². The molecule has 0 amide bonds. The SMILES string of the molecule is O=C1CCC(=Cc2ccccc2OCC(O)CN2CCC(c3ccc(Cl)c(C(F)(F)F)c3)CC2)O1. The Hall–Kier alpha value is -2.55. The van der Waals surface area contributed by atoms with Crippen LogP contribution in [0.5, 0.6) is 5.75 Å². The summed E-state index contributed by atoms with van der Waals surface area (Å²) in [6.45, 7) is 1.83. The lowest BCUT2D eigenvalue weighted by Gasteiger charge is -2.33. The number of alkyl halides is 3. The van der Waals surface area contributed by atoms with E-state index in [4.69, 9.17) is 21.1 Å². The summed E-state index contributed by atoms with van der Waals surface area (Å²) < 4.78 is 50.6. The van der Waals surface area contributed by atoms with Crippen LogP contribution in [0.15, 0.2) is 48.2 Å². The van der Waals surface area contributed by atoms with Gasteiger partial charge in [0, 0.05) is 18.5 Å². The third-order valence-electron chi connectivity index (χ3n) is 6.31. The van der Waals surface area contributed by atoms with Crippen molar-refractivity contribution in [2.75, 3.05) is 26.2 Å². The molecule has 2 fully saturated rings. The molecule has 1 atom stereocenters. The van der Waals surface area contributed by atoms with Gasteiger partial charge in [0.2, 0.25) is 0 Å². The van der Waals surface area contributed by atoms with E-state index in [1.807, 2.05) is 18.2 Å². The Balaban J connectivity index is 1.28. The molecule has 9 heteroatoms. The number of benzene rings is 2. The third kappa shape index (κ3) is 6.78. The number of aliphatic hydroxyl groups is 1. The fourth-order valence-electron chi connectivity index (χ4n) is 4.48. The topological polar surface area (TPSA) is 59.0 Å². The molecule has 1 N–H and O–H groups in total. The molecule has 0 aliphatic carbocycles. The molecule has 2 aliphatic rings. The second kappa shape index (κ2) is 11.0. The standard InChI is InChI=1S/C26H27ClF3NO4/c27-23-7-5-18(14-22(23)26(28,29)30)17-9-11-31(12-10-17)15-20(32)16-34-24-4-2-1-3-19(24)13-21-6-8-25(33)35-21/h1-5,7,13-14,17,20,32H,6,8-12,15-16H2. The number of rotatable bonds is 7. The number of halogens is 4. The number of esters is 1. The van der Waals surface area contributed by atoms with E-state index in [1.165, 1.54) is 6.07 Å². The molecule has 2 aromatic carbocycles. The number of carbonyl (C=O) groups is 1. The number of para-hydroxylation sites is 1. The van der Waals surface area contributed by atoms with Crippen LogP contribution < -0.4 is 4.74 Å². The number of β-amino-alcohol motifs (C(OH)–C–C–N with tert-alkyl or cyclic N) is 1. The molecule has 0 spiro atoms. The predicted octanol–water partition coefficient (Wildman–Crippen LogP) is 5.66. The number of cyclic esters (lactones) is 1. The minimum absolute atomic E-state index is 0.0163. The minimum Gasteiger partial charge on any atom is -0.490 e. The quantitative estimate of drug-likeness (QED) is 0.488. The lowest BCUT2D eigenvalue weighted by atomic mass is 9.88. The molecule has 0 radical (unpaired) electrons. The number of piperidine rings is 1. The van der Waals surface area contributed by atoms with E-state index < -0.39 is 17.8 Å². The summed E-state index contributed by atoms with van der Waals surface area (Å²) in [5.41, 5.74) is 0.615. The molecule has 0 bridgehead atoms. The molecule has 4 rings (SSSR count). The summed E-state index contributed by atoms with van der Waals surface area (Å²) in [4.78, 5) is 13.4. The summed E-state index contributed by atoms with van der Waals surface area (Å²) in [6, 6.07) is 11.5. The van der Waals surface area contributed by atoms with Gasteiger partial charge in [0.15, 0.2) is 0 Å². The van der Waals surface area contributed by atoms with Crippen molar-refractivity contribution < 1.29 is 32.5 Å². The molecular weight excluding hydrogens is 483 g/mol. The maximum absolute atomic E-state index is 13.2. The fourth-order valence-corrected chi connectivity index (χ4v) is 4.70. The average Bonchev–Trinajstić information content (AvgIpc) is 3.23. The number of ether oxygens (including phenoxy) is 2. The van der Waals surface area contributed by atoms with Gasteiger partial charge >= 0.3 is 12.1 Å². The highest BCUT2D eigenvalue weighted by Crippen LogP contribution is 2.38. The van der Waals surface area contributed by atoms with Crippen molar-refractivity contribution >= 4 is 23.6 Å². The van der Waals surface area contributed by atoms with Gasteiger partial charge in [0.25, 0.3) is 0 Å². The maximum Gasteiger partial charge on any atom is 0.417 e. The number of aliphatic hydroxyl groups excluding tert-OH is 1. The Morgan fingerprint density at radius 3 is 2.60 bits per heavy atom. The molecule has 2 heterocycles. The van der Waals surface area contributed by atoms with E-state index in [-0.39, 0.29) is 23.5 Å². The predicted molar refractivity (Wildman–Crippen MR) is 126 cm³/mol. The van der Waals surface area contributed by atoms with Crippen LogP contribution in [0, 0.1) is 0 Å². The summed E-state index contributed by atoms with van der Waals surface area (Å²) in [5, 5.41) is 10.2.